The third-order valence-electron chi connectivity index (χ3n) is 5.32. The molecular weight excluding hydrogens is 459 g/mol. The molecule has 0 amide bonds. The SMILES string of the molecule is CN=C(NCC1(SC)CCOCC1)N1CCN(c2ccccc2)CC1.I. The maximum atomic E-state index is 5.54. The molecule has 0 bridgehead atoms. The highest BCUT2D eigenvalue weighted by Crippen LogP contribution is 2.33. The summed E-state index contributed by atoms with van der Waals surface area (Å²) >= 11 is 1.97. The molecular formula is C19H31IN4OS. The van der Waals surface area contributed by atoms with E-state index in [4.69, 9.17) is 4.74 Å². The number of anilines is 1. The molecule has 2 aliphatic rings. The van der Waals surface area contributed by atoms with Gasteiger partial charge in [0, 0.05) is 63.4 Å². The van der Waals surface area contributed by atoms with E-state index in [-0.39, 0.29) is 28.7 Å². The Labute approximate surface area is 179 Å². The summed E-state index contributed by atoms with van der Waals surface area (Å²) in [4.78, 5) is 9.36. The molecule has 2 fully saturated rings. The van der Waals surface area contributed by atoms with Gasteiger partial charge in [-0.3, -0.25) is 4.99 Å². The minimum absolute atomic E-state index is 0. The van der Waals surface area contributed by atoms with Crippen LogP contribution in [0.25, 0.3) is 0 Å². The number of nitrogens with zero attached hydrogens (tertiary/aromatic N) is 3. The number of ether oxygens (including phenoxy) is 1. The maximum Gasteiger partial charge on any atom is 0.193 e. The lowest BCUT2D eigenvalue weighted by Gasteiger charge is -2.40. The standard InChI is InChI=1S/C19H30N4OS.HI/c1-20-18(21-16-19(25-2)8-14-24-15-9-19)23-12-10-22(11-13-23)17-6-4-3-5-7-17;/h3-7H,8-16H2,1-2H3,(H,20,21);1H. The van der Waals surface area contributed by atoms with E-state index in [1.165, 1.54) is 5.69 Å². The maximum absolute atomic E-state index is 5.54. The molecule has 2 saturated heterocycles. The quantitative estimate of drug-likeness (QED) is 0.400. The Morgan fingerprint density at radius 1 is 1.15 bits per heavy atom. The van der Waals surface area contributed by atoms with E-state index in [1.807, 2.05) is 18.8 Å². The number of guanidine groups is 1. The van der Waals surface area contributed by atoms with Crippen LogP contribution in [-0.4, -0.2) is 74.8 Å². The van der Waals surface area contributed by atoms with E-state index in [1.54, 1.807) is 0 Å². The first-order chi connectivity index (χ1) is 12.3. The number of nitrogens with one attached hydrogen (secondary N) is 1. The lowest BCUT2D eigenvalue weighted by molar-refractivity contribution is 0.0781. The van der Waals surface area contributed by atoms with Crippen LogP contribution in [0.15, 0.2) is 35.3 Å². The minimum atomic E-state index is 0. The van der Waals surface area contributed by atoms with Gasteiger partial charge in [-0.1, -0.05) is 18.2 Å². The van der Waals surface area contributed by atoms with Crippen LogP contribution < -0.4 is 10.2 Å². The van der Waals surface area contributed by atoms with Crippen LogP contribution in [0, 0.1) is 0 Å². The van der Waals surface area contributed by atoms with Crippen LogP contribution in [0.3, 0.4) is 0 Å². The number of hydrogen-bond acceptors (Lipinski definition) is 4. The van der Waals surface area contributed by atoms with Crippen molar-refractivity contribution in [2.75, 3.05) is 64.1 Å². The third-order valence-corrected chi connectivity index (χ3v) is 6.74. The number of piperazine rings is 1. The fourth-order valence-corrected chi connectivity index (χ4v) is 4.38. The first-order valence-corrected chi connectivity index (χ1v) is 10.4. The Hall–Kier alpha value is -0.670. The van der Waals surface area contributed by atoms with E-state index < -0.39 is 0 Å². The normalized spacial score (nSPS) is 20.5. The van der Waals surface area contributed by atoms with Gasteiger partial charge in [-0.25, -0.2) is 0 Å². The van der Waals surface area contributed by atoms with Gasteiger partial charge in [-0.2, -0.15) is 11.8 Å². The number of benzene rings is 1. The van der Waals surface area contributed by atoms with Crippen LogP contribution in [0.1, 0.15) is 12.8 Å². The summed E-state index contributed by atoms with van der Waals surface area (Å²) in [5, 5.41) is 3.64. The molecule has 5 nitrogen and oxygen atoms in total. The van der Waals surface area contributed by atoms with Gasteiger partial charge in [0.1, 0.15) is 0 Å². The molecule has 0 radical (unpaired) electrons. The lowest BCUT2D eigenvalue weighted by Crippen LogP contribution is -2.55. The molecule has 0 atom stereocenters. The number of aliphatic imine (C=N–C) groups is 1. The van der Waals surface area contributed by atoms with Gasteiger partial charge in [0.25, 0.3) is 0 Å². The van der Waals surface area contributed by atoms with Crippen LogP contribution in [0.2, 0.25) is 0 Å². The van der Waals surface area contributed by atoms with Crippen molar-refractivity contribution in [3.63, 3.8) is 0 Å². The highest BCUT2D eigenvalue weighted by atomic mass is 127. The second kappa shape index (κ2) is 10.6. The summed E-state index contributed by atoms with van der Waals surface area (Å²) in [7, 11) is 1.89. The Balaban J connectivity index is 0.00000243. The number of halogens is 1. The molecule has 0 saturated carbocycles. The van der Waals surface area contributed by atoms with Gasteiger partial charge in [0.15, 0.2) is 5.96 Å². The van der Waals surface area contributed by atoms with Crippen molar-refractivity contribution >= 4 is 47.4 Å². The first-order valence-electron chi connectivity index (χ1n) is 9.15. The molecule has 1 aromatic carbocycles. The fraction of sp³-hybridized carbons (Fsp3) is 0.632. The Morgan fingerprint density at radius 2 is 1.81 bits per heavy atom. The molecule has 146 valence electrons. The zero-order chi connectivity index (χ0) is 17.5. The third kappa shape index (κ3) is 5.42. The molecule has 0 spiro atoms. The van der Waals surface area contributed by atoms with Crippen LogP contribution in [0.5, 0.6) is 0 Å². The summed E-state index contributed by atoms with van der Waals surface area (Å²) in [6.07, 6.45) is 4.44. The second-order valence-electron chi connectivity index (χ2n) is 6.71. The summed E-state index contributed by atoms with van der Waals surface area (Å²) in [6.45, 7) is 6.78. The largest absolute Gasteiger partial charge is 0.381 e. The van der Waals surface area contributed by atoms with E-state index in [0.29, 0.717) is 0 Å². The van der Waals surface area contributed by atoms with Gasteiger partial charge >= 0.3 is 0 Å². The van der Waals surface area contributed by atoms with Gasteiger partial charge in [-0.05, 0) is 31.2 Å². The predicted molar refractivity (Wildman–Crippen MR) is 123 cm³/mol. The first kappa shape index (κ1) is 21.6. The summed E-state index contributed by atoms with van der Waals surface area (Å²) in [6, 6.07) is 10.7. The highest BCUT2D eigenvalue weighted by molar-refractivity contribution is 14.0. The molecule has 7 heteroatoms. The van der Waals surface area contributed by atoms with Crippen molar-refractivity contribution in [1.29, 1.82) is 0 Å². The van der Waals surface area contributed by atoms with Crippen molar-refractivity contribution in [2.45, 2.75) is 17.6 Å². The molecule has 2 aliphatic heterocycles. The molecule has 0 unspecified atom stereocenters. The number of hydrogen-bond donors (Lipinski definition) is 1. The van der Waals surface area contributed by atoms with Crippen molar-refractivity contribution in [2.24, 2.45) is 4.99 Å². The molecule has 1 N–H and O–H groups in total. The highest BCUT2D eigenvalue weighted by Gasteiger charge is 2.32. The zero-order valence-corrected chi connectivity index (χ0v) is 19.0. The smallest absolute Gasteiger partial charge is 0.193 e. The van der Waals surface area contributed by atoms with Gasteiger partial charge in [0.05, 0.1) is 0 Å². The number of para-hydroxylation sites is 1. The second-order valence-corrected chi connectivity index (χ2v) is 7.98. The minimum Gasteiger partial charge on any atom is -0.381 e. The van der Waals surface area contributed by atoms with E-state index in [9.17, 15) is 0 Å². The lowest BCUT2D eigenvalue weighted by atomic mass is 9.99. The van der Waals surface area contributed by atoms with Crippen molar-refractivity contribution in [1.82, 2.24) is 10.2 Å². The molecule has 1 aromatic rings. The average molecular weight is 490 g/mol. The molecule has 0 aliphatic carbocycles. The predicted octanol–water partition coefficient (Wildman–Crippen LogP) is 2.91. The molecule has 0 aromatic heterocycles. The number of thioether (sulfide) groups is 1. The van der Waals surface area contributed by atoms with Crippen molar-refractivity contribution < 1.29 is 4.74 Å². The average Bonchev–Trinajstić information content (AvgIpc) is 2.70. The van der Waals surface area contributed by atoms with Gasteiger partial charge in [-0.15, -0.1) is 24.0 Å². The van der Waals surface area contributed by atoms with Crippen LogP contribution in [0.4, 0.5) is 5.69 Å². The topological polar surface area (TPSA) is 40.1 Å². The Bertz CT molecular complexity index is 558. The van der Waals surface area contributed by atoms with Gasteiger partial charge in [0.2, 0.25) is 0 Å². The summed E-state index contributed by atoms with van der Waals surface area (Å²) in [5.41, 5.74) is 1.31. The zero-order valence-electron chi connectivity index (χ0n) is 15.8. The monoisotopic (exact) mass is 490 g/mol. The fourth-order valence-electron chi connectivity index (χ4n) is 3.58. The number of rotatable bonds is 4. The summed E-state index contributed by atoms with van der Waals surface area (Å²) in [5.74, 6) is 1.03. The summed E-state index contributed by atoms with van der Waals surface area (Å²) < 4.78 is 5.82. The van der Waals surface area contributed by atoms with Crippen LogP contribution in [-0.2, 0) is 4.74 Å². The van der Waals surface area contributed by atoms with Crippen molar-refractivity contribution in [3.05, 3.63) is 30.3 Å². The van der Waals surface area contributed by atoms with E-state index in [2.05, 4.69) is 56.7 Å². The van der Waals surface area contributed by atoms with Crippen LogP contribution >= 0.6 is 35.7 Å². The molecule has 26 heavy (non-hydrogen) atoms. The van der Waals surface area contributed by atoms with E-state index >= 15 is 0 Å². The molecule has 2 heterocycles. The Kier molecular flexibility index (Phi) is 8.83. The Morgan fingerprint density at radius 3 is 2.38 bits per heavy atom. The van der Waals surface area contributed by atoms with Crippen molar-refractivity contribution in [3.8, 4) is 0 Å². The van der Waals surface area contributed by atoms with E-state index in [0.717, 1.165) is 64.7 Å². The van der Waals surface area contributed by atoms with Gasteiger partial charge < -0.3 is 19.9 Å². The molecule has 3 rings (SSSR count).